The van der Waals surface area contributed by atoms with Crippen molar-refractivity contribution in [1.29, 1.82) is 0 Å². The highest BCUT2D eigenvalue weighted by Gasteiger charge is 2.13. The van der Waals surface area contributed by atoms with Gasteiger partial charge in [-0.25, -0.2) is 9.50 Å². The highest BCUT2D eigenvalue weighted by atomic mass is 16.1. The number of imidazole rings is 1. The highest BCUT2D eigenvalue weighted by Crippen LogP contribution is 2.22. The maximum Gasteiger partial charge on any atom is 0.278 e. The van der Waals surface area contributed by atoms with Gasteiger partial charge in [-0.2, -0.15) is 10.1 Å². The van der Waals surface area contributed by atoms with Crippen molar-refractivity contribution >= 4 is 22.6 Å². The Morgan fingerprint density at radius 1 is 1.20 bits per heavy atom. The molecule has 0 saturated heterocycles. The van der Waals surface area contributed by atoms with Gasteiger partial charge in [0.25, 0.3) is 5.56 Å². The number of nitrogens with zero attached hydrogens (tertiary/aromatic N) is 4. The van der Waals surface area contributed by atoms with Crippen LogP contribution in [-0.2, 0) is 0 Å². The monoisotopic (exact) mass is 267 g/mol. The van der Waals surface area contributed by atoms with E-state index in [1.54, 1.807) is 10.7 Å². The van der Waals surface area contributed by atoms with Crippen molar-refractivity contribution in [2.24, 2.45) is 0 Å². The first-order valence-corrected chi connectivity index (χ1v) is 5.90. The summed E-state index contributed by atoms with van der Waals surface area (Å²) in [4.78, 5) is 25.5. The van der Waals surface area contributed by atoms with Crippen molar-refractivity contribution < 1.29 is 0 Å². The highest BCUT2D eigenvalue weighted by molar-refractivity contribution is 5.81. The predicted octanol–water partition coefficient (Wildman–Crippen LogP) is 0.543. The van der Waals surface area contributed by atoms with E-state index >= 15 is 0 Å². The first-order chi connectivity index (χ1) is 9.72. The third kappa shape index (κ3) is 1.41. The van der Waals surface area contributed by atoms with Crippen LogP contribution in [0.15, 0.2) is 35.4 Å². The van der Waals surface area contributed by atoms with E-state index in [2.05, 4.69) is 25.0 Å². The minimum atomic E-state index is -0.345. The van der Waals surface area contributed by atoms with Gasteiger partial charge in [0.1, 0.15) is 5.82 Å². The number of nitrogens with two attached hydrogens (primary N) is 1. The van der Waals surface area contributed by atoms with Gasteiger partial charge < -0.3 is 10.7 Å². The Bertz CT molecular complexity index is 994. The molecule has 8 heteroatoms. The van der Waals surface area contributed by atoms with E-state index in [-0.39, 0.29) is 17.2 Å². The largest absolute Gasteiger partial charge is 0.369 e. The Morgan fingerprint density at radius 2 is 2.10 bits per heavy atom. The molecule has 0 aliphatic carbocycles. The van der Waals surface area contributed by atoms with Crippen molar-refractivity contribution in [2.45, 2.75) is 0 Å². The molecule has 0 unspecified atom stereocenters. The van der Waals surface area contributed by atoms with Gasteiger partial charge in [-0.1, -0.05) is 6.07 Å². The molecule has 4 aromatic heterocycles. The molecule has 98 valence electrons. The number of anilines is 1. The normalized spacial score (nSPS) is 11.4. The van der Waals surface area contributed by atoms with Gasteiger partial charge in [-0.15, -0.1) is 0 Å². The molecule has 4 heterocycles. The van der Waals surface area contributed by atoms with Gasteiger partial charge in [0.15, 0.2) is 11.2 Å². The zero-order chi connectivity index (χ0) is 13.7. The topological polar surface area (TPSA) is 118 Å². The third-order valence-corrected chi connectivity index (χ3v) is 3.06. The van der Waals surface area contributed by atoms with Crippen LogP contribution in [-0.4, -0.2) is 29.5 Å². The van der Waals surface area contributed by atoms with Gasteiger partial charge in [-0.3, -0.25) is 9.78 Å². The van der Waals surface area contributed by atoms with Crippen LogP contribution < -0.4 is 11.3 Å². The number of hydrogen-bond donors (Lipinski definition) is 3. The summed E-state index contributed by atoms with van der Waals surface area (Å²) in [5.74, 6) is 0.574. The summed E-state index contributed by atoms with van der Waals surface area (Å²) in [5.41, 5.74) is 7.42. The molecule has 4 aromatic rings. The molecule has 0 saturated carbocycles. The van der Waals surface area contributed by atoms with E-state index in [0.717, 1.165) is 11.1 Å². The first-order valence-electron chi connectivity index (χ1n) is 5.90. The Hall–Kier alpha value is -3.16. The van der Waals surface area contributed by atoms with E-state index < -0.39 is 0 Å². The van der Waals surface area contributed by atoms with Crippen molar-refractivity contribution in [3.05, 3.63) is 40.9 Å². The molecule has 4 N–H and O–H groups in total. The van der Waals surface area contributed by atoms with Gasteiger partial charge in [0.2, 0.25) is 5.95 Å². The number of fused-ring (bicyclic) bond motifs is 2. The molecule has 0 atom stereocenters. The molecule has 0 aliphatic heterocycles. The van der Waals surface area contributed by atoms with Crippen LogP contribution in [0.5, 0.6) is 0 Å². The number of rotatable bonds is 1. The summed E-state index contributed by atoms with van der Waals surface area (Å²) in [5, 5.41) is 4.23. The zero-order valence-electron chi connectivity index (χ0n) is 10.2. The van der Waals surface area contributed by atoms with E-state index in [0.29, 0.717) is 11.3 Å². The molecule has 4 rings (SSSR count). The Kier molecular flexibility index (Phi) is 1.97. The van der Waals surface area contributed by atoms with E-state index in [1.807, 2.05) is 24.4 Å². The smallest absolute Gasteiger partial charge is 0.278 e. The maximum absolute atomic E-state index is 11.8. The number of nitrogen functional groups attached to an aromatic ring is 1. The molecule has 0 aliphatic rings. The maximum atomic E-state index is 11.8. The fourth-order valence-electron chi connectivity index (χ4n) is 2.17. The predicted molar refractivity (Wildman–Crippen MR) is 73.1 cm³/mol. The number of pyridine rings is 1. The second-order valence-corrected chi connectivity index (χ2v) is 4.32. The quantitative estimate of drug-likeness (QED) is 0.465. The number of H-pyrrole nitrogens is 2. The fraction of sp³-hybridized carbons (Fsp3) is 0. The van der Waals surface area contributed by atoms with Crippen molar-refractivity contribution in [3.8, 4) is 11.4 Å². The van der Waals surface area contributed by atoms with Crippen LogP contribution in [0.3, 0.4) is 0 Å². The van der Waals surface area contributed by atoms with Crippen LogP contribution in [0.25, 0.3) is 28.1 Å². The Labute approximate surface area is 111 Å². The summed E-state index contributed by atoms with van der Waals surface area (Å²) in [6, 6.07) is 5.71. The molecular weight excluding hydrogens is 258 g/mol. The molecular formula is C12H9N7O. The standard InChI is InChI=1S/C12H9N7O/c13-12-17-10-8(11(20)18-12)15-9(16-10)6-5-14-19-4-2-1-3-7(6)19/h1-5H,(H4,13,15,16,17,18,20). The van der Waals surface area contributed by atoms with E-state index in [9.17, 15) is 4.79 Å². The first kappa shape index (κ1) is 10.7. The molecule has 0 amide bonds. The van der Waals surface area contributed by atoms with Gasteiger partial charge in [0.05, 0.1) is 17.3 Å². The van der Waals surface area contributed by atoms with Crippen LogP contribution in [0.1, 0.15) is 0 Å². The van der Waals surface area contributed by atoms with E-state index in [4.69, 9.17) is 5.73 Å². The molecule has 0 radical (unpaired) electrons. The van der Waals surface area contributed by atoms with Gasteiger partial charge >= 0.3 is 0 Å². The Morgan fingerprint density at radius 3 is 3.00 bits per heavy atom. The zero-order valence-corrected chi connectivity index (χ0v) is 10.2. The molecule has 0 spiro atoms. The van der Waals surface area contributed by atoms with Crippen molar-refractivity contribution in [2.75, 3.05) is 5.73 Å². The summed E-state index contributed by atoms with van der Waals surface area (Å²) in [6.07, 6.45) is 3.52. The lowest BCUT2D eigenvalue weighted by atomic mass is 10.2. The van der Waals surface area contributed by atoms with Crippen molar-refractivity contribution in [1.82, 2.24) is 29.5 Å². The number of aromatic amines is 2. The number of nitrogens with one attached hydrogen (secondary N) is 2. The lowest BCUT2D eigenvalue weighted by Crippen LogP contribution is -2.10. The van der Waals surface area contributed by atoms with Crippen LogP contribution in [0, 0.1) is 0 Å². The van der Waals surface area contributed by atoms with Crippen LogP contribution in [0.4, 0.5) is 5.95 Å². The molecule has 20 heavy (non-hydrogen) atoms. The molecule has 0 bridgehead atoms. The average molecular weight is 267 g/mol. The summed E-state index contributed by atoms with van der Waals surface area (Å²) >= 11 is 0. The minimum Gasteiger partial charge on any atom is -0.369 e. The van der Waals surface area contributed by atoms with Gasteiger partial charge in [-0.05, 0) is 12.1 Å². The van der Waals surface area contributed by atoms with Gasteiger partial charge in [0, 0.05) is 6.20 Å². The summed E-state index contributed by atoms with van der Waals surface area (Å²) in [6.45, 7) is 0. The van der Waals surface area contributed by atoms with Crippen molar-refractivity contribution in [3.63, 3.8) is 0 Å². The van der Waals surface area contributed by atoms with Crippen LogP contribution in [0.2, 0.25) is 0 Å². The molecule has 8 nitrogen and oxygen atoms in total. The molecule has 0 fully saturated rings. The minimum absolute atomic E-state index is 0.0421. The SMILES string of the molecule is Nc1nc2nc(-c3cnn4ccccc34)[nH]c2c(=O)[nH]1. The number of aromatic nitrogens is 6. The lowest BCUT2D eigenvalue weighted by Gasteiger charge is -1.93. The fourth-order valence-corrected chi connectivity index (χ4v) is 2.17. The third-order valence-electron chi connectivity index (χ3n) is 3.06. The second-order valence-electron chi connectivity index (χ2n) is 4.32. The lowest BCUT2D eigenvalue weighted by molar-refractivity contribution is 0.961. The van der Waals surface area contributed by atoms with Crippen LogP contribution >= 0.6 is 0 Å². The van der Waals surface area contributed by atoms with E-state index in [1.165, 1.54) is 0 Å². The number of hydrogen-bond acceptors (Lipinski definition) is 5. The average Bonchev–Trinajstić information content (AvgIpc) is 3.01. The second kappa shape index (κ2) is 3.67. The summed E-state index contributed by atoms with van der Waals surface area (Å²) in [7, 11) is 0. The Balaban J connectivity index is 2.03. The summed E-state index contributed by atoms with van der Waals surface area (Å²) < 4.78 is 1.73. The molecule has 0 aromatic carbocycles.